The standard InChI is InChI=1S/C22H16N2O2/c1-25-21-11-19(17-7-3-15(13-23)4-8-17)20(12-22(21)26-2)18-9-5-16(14-24)6-10-18/h3-12H,1-2H3. The molecule has 0 amide bonds. The van der Waals surface area contributed by atoms with Crippen LogP contribution in [0.5, 0.6) is 11.5 Å². The van der Waals surface area contributed by atoms with Gasteiger partial charge in [-0.2, -0.15) is 10.5 Å². The summed E-state index contributed by atoms with van der Waals surface area (Å²) in [4.78, 5) is 0. The number of benzene rings is 3. The van der Waals surface area contributed by atoms with Crippen LogP contribution >= 0.6 is 0 Å². The summed E-state index contributed by atoms with van der Waals surface area (Å²) in [5.41, 5.74) is 5.05. The molecule has 4 nitrogen and oxygen atoms in total. The van der Waals surface area contributed by atoms with E-state index in [0.29, 0.717) is 22.6 Å². The Labute approximate surface area is 152 Å². The molecule has 0 aromatic heterocycles. The van der Waals surface area contributed by atoms with E-state index in [1.807, 2.05) is 36.4 Å². The smallest absolute Gasteiger partial charge is 0.161 e. The highest BCUT2D eigenvalue weighted by atomic mass is 16.5. The SMILES string of the molecule is COc1cc(-c2ccc(C#N)cc2)c(-c2ccc(C#N)cc2)cc1OC. The van der Waals surface area contributed by atoms with Crippen molar-refractivity contribution in [1.82, 2.24) is 0 Å². The Morgan fingerprint density at radius 1 is 0.615 bits per heavy atom. The number of ether oxygens (including phenoxy) is 2. The van der Waals surface area contributed by atoms with Crippen LogP contribution < -0.4 is 9.47 Å². The molecular formula is C22H16N2O2. The van der Waals surface area contributed by atoms with Gasteiger partial charge >= 0.3 is 0 Å². The van der Waals surface area contributed by atoms with E-state index >= 15 is 0 Å². The molecule has 0 spiro atoms. The van der Waals surface area contributed by atoms with E-state index in [4.69, 9.17) is 20.0 Å². The Morgan fingerprint density at radius 3 is 1.23 bits per heavy atom. The van der Waals surface area contributed by atoms with Crippen molar-refractivity contribution in [1.29, 1.82) is 10.5 Å². The minimum Gasteiger partial charge on any atom is -0.493 e. The normalized spacial score (nSPS) is 9.85. The number of nitrogens with zero attached hydrogens (tertiary/aromatic N) is 2. The fourth-order valence-electron chi connectivity index (χ4n) is 2.81. The van der Waals surface area contributed by atoms with E-state index in [0.717, 1.165) is 22.3 Å². The van der Waals surface area contributed by atoms with Crippen molar-refractivity contribution in [3.8, 4) is 45.9 Å². The lowest BCUT2D eigenvalue weighted by molar-refractivity contribution is 0.355. The molecule has 0 N–H and O–H groups in total. The van der Waals surface area contributed by atoms with E-state index in [-0.39, 0.29) is 0 Å². The van der Waals surface area contributed by atoms with Crippen molar-refractivity contribution in [2.24, 2.45) is 0 Å². The van der Waals surface area contributed by atoms with E-state index < -0.39 is 0 Å². The topological polar surface area (TPSA) is 66.0 Å². The van der Waals surface area contributed by atoms with Crippen LogP contribution in [-0.2, 0) is 0 Å². The first-order valence-electron chi connectivity index (χ1n) is 7.97. The molecule has 0 saturated carbocycles. The molecule has 0 unspecified atom stereocenters. The van der Waals surface area contributed by atoms with Crippen molar-refractivity contribution in [3.63, 3.8) is 0 Å². The lowest BCUT2D eigenvalue weighted by Gasteiger charge is -2.16. The summed E-state index contributed by atoms with van der Waals surface area (Å²) in [5, 5.41) is 18.0. The zero-order chi connectivity index (χ0) is 18.5. The van der Waals surface area contributed by atoms with Gasteiger partial charge in [-0.3, -0.25) is 0 Å². The van der Waals surface area contributed by atoms with Crippen molar-refractivity contribution >= 4 is 0 Å². The molecule has 0 aliphatic heterocycles. The number of methoxy groups -OCH3 is 2. The Kier molecular flexibility index (Phi) is 4.87. The number of hydrogen-bond acceptors (Lipinski definition) is 4. The maximum atomic E-state index is 9.02. The van der Waals surface area contributed by atoms with Crippen LogP contribution in [-0.4, -0.2) is 14.2 Å². The van der Waals surface area contributed by atoms with Gasteiger partial charge in [-0.05, 0) is 58.7 Å². The molecule has 0 fully saturated rings. The van der Waals surface area contributed by atoms with Crippen molar-refractivity contribution in [2.45, 2.75) is 0 Å². The average Bonchev–Trinajstić information content (AvgIpc) is 2.73. The minimum absolute atomic E-state index is 0.606. The lowest BCUT2D eigenvalue weighted by Crippen LogP contribution is -1.94. The molecule has 26 heavy (non-hydrogen) atoms. The third kappa shape index (κ3) is 3.22. The molecule has 0 bridgehead atoms. The first-order valence-corrected chi connectivity index (χ1v) is 7.97. The molecule has 4 heteroatoms. The van der Waals surface area contributed by atoms with Gasteiger partial charge in [0.15, 0.2) is 11.5 Å². The number of nitriles is 2. The van der Waals surface area contributed by atoms with Gasteiger partial charge < -0.3 is 9.47 Å². The molecule has 126 valence electrons. The minimum atomic E-state index is 0.606. The van der Waals surface area contributed by atoms with Gasteiger partial charge in [-0.25, -0.2) is 0 Å². The molecule has 0 heterocycles. The van der Waals surface area contributed by atoms with Crippen LogP contribution in [0, 0.1) is 22.7 Å². The third-order valence-electron chi connectivity index (χ3n) is 4.17. The van der Waals surface area contributed by atoms with Gasteiger partial charge in [0, 0.05) is 0 Å². The predicted octanol–water partition coefficient (Wildman–Crippen LogP) is 4.78. The lowest BCUT2D eigenvalue weighted by atomic mass is 9.93. The Balaban J connectivity index is 2.22. The summed E-state index contributed by atoms with van der Waals surface area (Å²) in [7, 11) is 3.20. The monoisotopic (exact) mass is 340 g/mol. The fourth-order valence-corrected chi connectivity index (χ4v) is 2.81. The van der Waals surface area contributed by atoms with E-state index in [2.05, 4.69) is 12.1 Å². The van der Waals surface area contributed by atoms with Gasteiger partial charge in [-0.15, -0.1) is 0 Å². The van der Waals surface area contributed by atoms with Gasteiger partial charge in [0.2, 0.25) is 0 Å². The molecule has 3 rings (SSSR count). The molecule has 3 aromatic rings. The quantitative estimate of drug-likeness (QED) is 0.685. The summed E-state index contributed by atoms with van der Waals surface area (Å²) >= 11 is 0. The molecular weight excluding hydrogens is 324 g/mol. The van der Waals surface area contributed by atoms with Crippen LogP contribution in [0.15, 0.2) is 60.7 Å². The second kappa shape index (κ2) is 7.42. The van der Waals surface area contributed by atoms with E-state index in [1.54, 1.807) is 38.5 Å². The van der Waals surface area contributed by atoms with Crippen LogP contribution in [0.25, 0.3) is 22.3 Å². The summed E-state index contributed by atoms with van der Waals surface area (Å²) in [6, 6.07) is 22.9. The maximum Gasteiger partial charge on any atom is 0.161 e. The second-order valence-corrected chi connectivity index (χ2v) is 5.63. The highest BCUT2D eigenvalue weighted by Crippen LogP contribution is 2.40. The summed E-state index contributed by atoms with van der Waals surface area (Å²) in [6.45, 7) is 0. The summed E-state index contributed by atoms with van der Waals surface area (Å²) in [6.07, 6.45) is 0. The molecule has 0 aliphatic rings. The zero-order valence-corrected chi connectivity index (χ0v) is 14.5. The van der Waals surface area contributed by atoms with Crippen LogP contribution in [0.2, 0.25) is 0 Å². The van der Waals surface area contributed by atoms with Gasteiger partial charge in [0.25, 0.3) is 0 Å². The first-order chi connectivity index (χ1) is 12.7. The van der Waals surface area contributed by atoms with Crippen LogP contribution in [0.1, 0.15) is 11.1 Å². The average molecular weight is 340 g/mol. The van der Waals surface area contributed by atoms with E-state index in [1.165, 1.54) is 0 Å². The number of hydrogen-bond donors (Lipinski definition) is 0. The highest BCUT2D eigenvalue weighted by molar-refractivity contribution is 5.86. The van der Waals surface area contributed by atoms with Crippen molar-refractivity contribution in [2.75, 3.05) is 14.2 Å². The van der Waals surface area contributed by atoms with Crippen LogP contribution in [0.4, 0.5) is 0 Å². The third-order valence-corrected chi connectivity index (χ3v) is 4.17. The molecule has 3 aromatic carbocycles. The largest absolute Gasteiger partial charge is 0.493 e. The van der Waals surface area contributed by atoms with E-state index in [9.17, 15) is 0 Å². The van der Waals surface area contributed by atoms with Gasteiger partial charge in [0.1, 0.15) is 0 Å². The predicted molar refractivity (Wildman–Crippen MR) is 99.8 cm³/mol. The van der Waals surface area contributed by atoms with Crippen molar-refractivity contribution in [3.05, 3.63) is 71.8 Å². The molecule has 0 atom stereocenters. The van der Waals surface area contributed by atoms with Gasteiger partial charge in [0.05, 0.1) is 37.5 Å². The number of rotatable bonds is 4. The fraction of sp³-hybridized carbons (Fsp3) is 0.0909. The summed E-state index contributed by atoms with van der Waals surface area (Å²) in [5.74, 6) is 1.26. The zero-order valence-electron chi connectivity index (χ0n) is 14.5. The Morgan fingerprint density at radius 2 is 0.962 bits per heavy atom. The van der Waals surface area contributed by atoms with Crippen molar-refractivity contribution < 1.29 is 9.47 Å². The molecule has 0 aliphatic carbocycles. The summed E-state index contributed by atoms with van der Waals surface area (Å²) < 4.78 is 10.9. The van der Waals surface area contributed by atoms with Crippen LogP contribution in [0.3, 0.4) is 0 Å². The Hall–Kier alpha value is -3.76. The maximum absolute atomic E-state index is 9.02. The van der Waals surface area contributed by atoms with Gasteiger partial charge in [-0.1, -0.05) is 24.3 Å². The molecule has 0 saturated heterocycles. The first kappa shape index (κ1) is 17.1. The Bertz CT molecular complexity index is 924. The molecule has 0 radical (unpaired) electrons. The second-order valence-electron chi connectivity index (χ2n) is 5.63. The highest BCUT2D eigenvalue weighted by Gasteiger charge is 2.14.